The smallest absolute Gasteiger partial charge is 0.0883 e. The van der Waals surface area contributed by atoms with Crippen LogP contribution in [0.4, 0.5) is 0 Å². The molecular formula is C15H27N3. The van der Waals surface area contributed by atoms with Crippen LogP contribution >= 0.6 is 0 Å². The van der Waals surface area contributed by atoms with Crippen LogP contribution in [0.3, 0.4) is 0 Å². The SMILES string of the molecule is CC1(c2cn[nH]n2)CCCCCCCCCCC1. The molecule has 2 rings (SSSR count). The Morgan fingerprint density at radius 3 is 1.83 bits per heavy atom. The summed E-state index contributed by atoms with van der Waals surface area (Å²) < 4.78 is 0. The summed E-state index contributed by atoms with van der Waals surface area (Å²) in [5.41, 5.74) is 1.41. The van der Waals surface area contributed by atoms with Gasteiger partial charge < -0.3 is 0 Å². The lowest BCUT2D eigenvalue weighted by atomic mass is 9.77. The van der Waals surface area contributed by atoms with E-state index in [4.69, 9.17) is 0 Å². The fourth-order valence-electron chi connectivity index (χ4n) is 3.14. The van der Waals surface area contributed by atoms with Crippen LogP contribution < -0.4 is 0 Å². The van der Waals surface area contributed by atoms with Gasteiger partial charge in [-0.05, 0) is 12.8 Å². The summed E-state index contributed by atoms with van der Waals surface area (Å²) in [5.74, 6) is 0. The van der Waals surface area contributed by atoms with Crippen molar-refractivity contribution < 1.29 is 0 Å². The van der Waals surface area contributed by atoms with Crippen molar-refractivity contribution in [1.82, 2.24) is 15.4 Å². The van der Waals surface area contributed by atoms with Gasteiger partial charge in [0.25, 0.3) is 0 Å². The maximum absolute atomic E-state index is 4.34. The van der Waals surface area contributed by atoms with Crippen LogP contribution in [0.15, 0.2) is 6.20 Å². The van der Waals surface area contributed by atoms with Gasteiger partial charge in [0.1, 0.15) is 0 Å². The molecular weight excluding hydrogens is 222 g/mol. The number of nitrogens with zero attached hydrogens (tertiary/aromatic N) is 2. The molecule has 1 aromatic heterocycles. The average molecular weight is 249 g/mol. The molecule has 0 atom stereocenters. The molecule has 0 aromatic carbocycles. The number of nitrogens with one attached hydrogen (secondary N) is 1. The van der Waals surface area contributed by atoms with E-state index in [-0.39, 0.29) is 5.41 Å². The molecule has 1 aromatic rings. The van der Waals surface area contributed by atoms with Crippen molar-refractivity contribution >= 4 is 0 Å². The van der Waals surface area contributed by atoms with E-state index in [0.717, 1.165) is 0 Å². The van der Waals surface area contributed by atoms with Crippen molar-refractivity contribution in [2.75, 3.05) is 0 Å². The van der Waals surface area contributed by atoms with Crippen molar-refractivity contribution in [3.05, 3.63) is 11.9 Å². The van der Waals surface area contributed by atoms with Gasteiger partial charge in [0, 0.05) is 5.41 Å². The summed E-state index contributed by atoms with van der Waals surface area (Å²) in [5, 5.41) is 11.1. The number of aromatic amines is 1. The fourth-order valence-corrected chi connectivity index (χ4v) is 3.14. The van der Waals surface area contributed by atoms with Gasteiger partial charge in [-0.25, -0.2) is 0 Å². The molecule has 1 heterocycles. The highest BCUT2D eigenvalue weighted by atomic mass is 15.3. The van der Waals surface area contributed by atoms with Crippen molar-refractivity contribution in [3.8, 4) is 0 Å². The van der Waals surface area contributed by atoms with Gasteiger partial charge in [-0.3, -0.25) is 0 Å². The number of aromatic nitrogens is 3. The quantitative estimate of drug-likeness (QED) is 0.803. The normalized spacial score (nSPS) is 22.9. The fraction of sp³-hybridized carbons (Fsp3) is 0.867. The number of hydrogen-bond donors (Lipinski definition) is 1. The molecule has 1 aliphatic rings. The third kappa shape index (κ3) is 3.82. The third-order valence-electron chi connectivity index (χ3n) is 4.49. The summed E-state index contributed by atoms with van der Waals surface area (Å²) in [6.45, 7) is 2.37. The Morgan fingerprint density at radius 1 is 0.889 bits per heavy atom. The second-order valence-corrected chi connectivity index (χ2v) is 6.10. The van der Waals surface area contributed by atoms with Crippen LogP contribution in [-0.4, -0.2) is 15.4 Å². The molecule has 0 amide bonds. The number of hydrogen-bond acceptors (Lipinski definition) is 2. The Labute approximate surface area is 111 Å². The Bertz CT molecular complexity index is 306. The minimum Gasteiger partial charge on any atom is -0.198 e. The molecule has 1 aliphatic carbocycles. The molecule has 18 heavy (non-hydrogen) atoms. The molecule has 1 N–H and O–H groups in total. The summed E-state index contributed by atoms with van der Waals surface area (Å²) in [6, 6.07) is 0. The maximum Gasteiger partial charge on any atom is 0.0883 e. The molecule has 0 aliphatic heterocycles. The van der Waals surface area contributed by atoms with Gasteiger partial charge >= 0.3 is 0 Å². The first-order valence-electron chi connectivity index (χ1n) is 7.67. The van der Waals surface area contributed by atoms with E-state index in [1.54, 1.807) is 0 Å². The van der Waals surface area contributed by atoms with Crippen molar-refractivity contribution in [1.29, 1.82) is 0 Å². The Balaban J connectivity index is 1.96. The van der Waals surface area contributed by atoms with E-state index in [2.05, 4.69) is 22.3 Å². The first kappa shape index (κ1) is 13.6. The monoisotopic (exact) mass is 249 g/mol. The summed E-state index contributed by atoms with van der Waals surface area (Å²) >= 11 is 0. The number of H-pyrrole nitrogens is 1. The molecule has 1 fully saturated rings. The molecule has 1 saturated carbocycles. The van der Waals surface area contributed by atoms with Crippen LogP contribution in [0.5, 0.6) is 0 Å². The molecule has 0 spiro atoms. The molecule has 102 valence electrons. The van der Waals surface area contributed by atoms with Gasteiger partial charge in [0.05, 0.1) is 11.9 Å². The second-order valence-electron chi connectivity index (χ2n) is 6.10. The average Bonchev–Trinajstić information content (AvgIpc) is 2.88. The maximum atomic E-state index is 4.34. The third-order valence-corrected chi connectivity index (χ3v) is 4.49. The van der Waals surface area contributed by atoms with E-state index in [1.165, 1.54) is 76.3 Å². The summed E-state index contributed by atoms with van der Waals surface area (Å²) in [7, 11) is 0. The summed E-state index contributed by atoms with van der Waals surface area (Å²) in [6.07, 6.45) is 17.0. The van der Waals surface area contributed by atoms with E-state index in [1.807, 2.05) is 6.20 Å². The second kappa shape index (κ2) is 6.91. The number of rotatable bonds is 1. The lowest BCUT2D eigenvalue weighted by molar-refractivity contribution is 0.348. The van der Waals surface area contributed by atoms with Crippen LogP contribution in [0.2, 0.25) is 0 Å². The zero-order valence-corrected chi connectivity index (χ0v) is 11.7. The first-order valence-corrected chi connectivity index (χ1v) is 7.67. The predicted molar refractivity (Wildman–Crippen MR) is 74.5 cm³/mol. The van der Waals surface area contributed by atoms with Crippen molar-refractivity contribution in [2.24, 2.45) is 0 Å². The van der Waals surface area contributed by atoms with Crippen LogP contribution in [-0.2, 0) is 5.41 Å². The van der Waals surface area contributed by atoms with E-state index >= 15 is 0 Å². The lowest BCUT2D eigenvalue weighted by Gasteiger charge is -2.28. The van der Waals surface area contributed by atoms with Crippen LogP contribution in [0.25, 0.3) is 0 Å². The van der Waals surface area contributed by atoms with Crippen molar-refractivity contribution in [2.45, 2.75) is 83.0 Å². The Kier molecular flexibility index (Phi) is 5.21. The minimum absolute atomic E-state index is 0.242. The zero-order chi connectivity index (χ0) is 12.7. The van der Waals surface area contributed by atoms with Gasteiger partial charge in [-0.2, -0.15) is 15.4 Å². The van der Waals surface area contributed by atoms with Crippen molar-refractivity contribution in [3.63, 3.8) is 0 Å². The lowest BCUT2D eigenvalue weighted by Crippen LogP contribution is -2.22. The van der Waals surface area contributed by atoms with Crippen LogP contribution in [0, 0.1) is 0 Å². The van der Waals surface area contributed by atoms with E-state index < -0.39 is 0 Å². The van der Waals surface area contributed by atoms with Gasteiger partial charge in [-0.15, -0.1) is 0 Å². The molecule has 3 heteroatoms. The van der Waals surface area contributed by atoms with E-state index in [0.29, 0.717) is 0 Å². The zero-order valence-electron chi connectivity index (χ0n) is 11.7. The Hall–Kier alpha value is -0.860. The Morgan fingerprint density at radius 2 is 1.39 bits per heavy atom. The largest absolute Gasteiger partial charge is 0.198 e. The molecule has 3 nitrogen and oxygen atoms in total. The minimum atomic E-state index is 0.242. The van der Waals surface area contributed by atoms with Gasteiger partial charge in [0.2, 0.25) is 0 Å². The molecule has 0 bridgehead atoms. The highest BCUT2D eigenvalue weighted by Gasteiger charge is 2.28. The van der Waals surface area contributed by atoms with E-state index in [9.17, 15) is 0 Å². The topological polar surface area (TPSA) is 41.6 Å². The molecule has 0 radical (unpaired) electrons. The van der Waals surface area contributed by atoms with Gasteiger partial charge in [0.15, 0.2) is 0 Å². The van der Waals surface area contributed by atoms with Crippen LogP contribution in [0.1, 0.15) is 83.2 Å². The highest BCUT2D eigenvalue weighted by Crippen LogP contribution is 2.34. The predicted octanol–water partition coefficient (Wildman–Crippen LogP) is 4.37. The standard InChI is InChI=1S/C15H27N3/c1-15(14-13-16-18-17-14)11-9-7-5-3-2-4-6-8-10-12-15/h13H,2-12H2,1H3,(H,16,17,18). The molecule has 0 unspecified atom stereocenters. The molecule has 0 saturated heterocycles. The highest BCUT2D eigenvalue weighted by molar-refractivity contribution is 5.09. The van der Waals surface area contributed by atoms with Gasteiger partial charge in [-0.1, -0.05) is 64.7 Å². The summed E-state index contributed by atoms with van der Waals surface area (Å²) in [4.78, 5) is 0. The first-order chi connectivity index (χ1) is 8.81.